The minimum absolute atomic E-state index is 0.00343. The van der Waals surface area contributed by atoms with Gasteiger partial charge in [-0.25, -0.2) is 0 Å². The van der Waals surface area contributed by atoms with Gasteiger partial charge in [-0.3, -0.25) is 4.79 Å². The van der Waals surface area contributed by atoms with Gasteiger partial charge in [0.2, 0.25) is 5.91 Å². The number of rotatable bonds is 5. The summed E-state index contributed by atoms with van der Waals surface area (Å²) in [7, 11) is 2.03. The van der Waals surface area contributed by atoms with Crippen LogP contribution in [0.3, 0.4) is 0 Å². The van der Waals surface area contributed by atoms with E-state index >= 15 is 0 Å². The van der Waals surface area contributed by atoms with E-state index in [9.17, 15) is 4.79 Å². The Morgan fingerprint density at radius 2 is 1.86 bits per heavy atom. The van der Waals surface area contributed by atoms with Crippen molar-refractivity contribution in [1.29, 1.82) is 0 Å². The van der Waals surface area contributed by atoms with Crippen molar-refractivity contribution >= 4 is 17.7 Å². The summed E-state index contributed by atoms with van der Waals surface area (Å²) in [4.78, 5) is 15.8. The maximum Gasteiger partial charge on any atom is 0.230 e. The normalized spacial score (nSPS) is 21.8. The van der Waals surface area contributed by atoms with Crippen LogP contribution in [0.2, 0.25) is 0 Å². The quantitative estimate of drug-likeness (QED) is 0.708. The molecule has 2 aromatic rings. The van der Waals surface area contributed by atoms with E-state index in [0.29, 0.717) is 11.8 Å². The summed E-state index contributed by atoms with van der Waals surface area (Å²) < 4.78 is 2.09. The molecule has 6 heteroatoms. The van der Waals surface area contributed by atoms with Crippen molar-refractivity contribution in [2.24, 2.45) is 13.0 Å². The van der Waals surface area contributed by atoms with E-state index in [0.717, 1.165) is 36.9 Å². The van der Waals surface area contributed by atoms with E-state index < -0.39 is 0 Å². The molecule has 2 heterocycles. The molecule has 4 rings (SSSR count). The SMILES string of the molecule is CSc1nnc([C@H]2CCCN(C(=O)[C@@H](c3ccccc3)C3CCCC3)C2)n1C. The Hall–Kier alpha value is -1.82. The van der Waals surface area contributed by atoms with Crippen LogP contribution in [0.1, 0.15) is 61.7 Å². The lowest BCUT2D eigenvalue weighted by molar-refractivity contribution is -0.135. The molecule has 0 radical (unpaired) electrons. The summed E-state index contributed by atoms with van der Waals surface area (Å²) in [5.74, 6) is 2.09. The summed E-state index contributed by atoms with van der Waals surface area (Å²) in [5.41, 5.74) is 1.19. The van der Waals surface area contributed by atoms with Gasteiger partial charge < -0.3 is 9.47 Å². The van der Waals surface area contributed by atoms with Gasteiger partial charge >= 0.3 is 0 Å². The number of aromatic nitrogens is 3. The standard InChI is InChI=1S/C22H30N4OS/c1-25-20(23-24-22(25)28-2)18-13-8-14-26(15-18)21(27)19(17-11-6-7-12-17)16-9-4-3-5-10-16/h3-5,9-10,17-19H,6-8,11-15H2,1-2H3/t18-,19-/m0/s1. The van der Waals surface area contributed by atoms with Crippen LogP contribution in [0, 0.1) is 5.92 Å². The van der Waals surface area contributed by atoms with Crippen molar-refractivity contribution < 1.29 is 4.79 Å². The van der Waals surface area contributed by atoms with Gasteiger partial charge in [-0.05, 0) is 43.4 Å². The molecular formula is C22H30N4OS. The van der Waals surface area contributed by atoms with Gasteiger partial charge in [-0.1, -0.05) is 54.9 Å². The van der Waals surface area contributed by atoms with Crippen LogP contribution in [0.25, 0.3) is 0 Å². The highest BCUT2D eigenvalue weighted by Crippen LogP contribution is 2.39. The minimum atomic E-state index is 0.00343. The second-order valence-electron chi connectivity index (χ2n) is 8.16. The minimum Gasteiger partial charge on any atom is -0.341 e. The molecule has 2 aliphatic rings. The molecule has 1 amide bonds. The second kappa shape index (κ2) is 8.68. The zero-order valence-corrected chi connectivity index (χ0v) is 17.7. The molecule has 1 aromatic heterocycles. The number of hydrogen-bond donors (Lipinski definition) is 0. The predicted octanol–water partition coefficient (Wildman–Crippen LogP) is 4.22. The zero-order chi connectivity index (χ0) is 19.5. The van der Waals surface area contributed by atoms with E-state index in [4.69, 9.17) is 0 Å². The van der Waals surface area contributed by atoms with Crippen LogP contribution in [-0.4, -0.2) is 44.9 Å². The molecule has 2 atom stereocenters. The summed E-state index contributed by atoms with van der Waals surface area (Å²) in [6, 6.07) is 10.4. The first-order valence-electron chi connectivity index (χ1n) is 10.5. The van der Waals surface area contributed by atoms with Crippen molar-refractivity contribution in [3.8, 4) is 0 Å². The van der Waals surface area contributed by atoms with Crippen molar-refractivity contribution in [2.45, 2.75) is 55.5 Å². The largest absolute Gasteiger partial charge is 0.341 e. The molecule has 0 unspecified atom stereocenters. The Bertz CT molecular complexity index is 800. The highest BCUT2D eigenvalue weighted by molar-refractivity contribution is 7.98. The molecule has 1 saturated heterocycles. The van der Waals surface area contributed by atoms with Crippen LogP contribution in [0.4, 0.5) is 0 Å². The Morgan fingerprint density at radius 1 is 1.11 bits per heavy atom. The van der Waals surface area contributed by atoms with Gasteiger partial charge in [0, 0.05) is 26.1 Å². The number of nitrogens with zero attached hydrogens (tertiary/aromatic N) is 4. The molecule has 150 valence electrons. The number of hydrogen-bond acceptors (Lipinski definition) is 4. The Kier molecular flexibility index (Phi) is 6.04. The highest BCUT2D eigenvalue weighted by atomic mass is 32.2. The van der Waals surface area contributed by atoms with Crippen molar-refractivity contribution in [3.63, 3.8) is 0 Å². The van der Waals surface area contributed by atoms with Crippen LogP contribution in [-0.2, 0) is 11.8 Å². The highest BCUT2D eigenvalue weighted by Gasteiger charge is 2.37. The van der Waals surface area contributed by atoms with Gasteiger partial charge in [0.05, 0.1) is 5.92 Å². The molecule has 5 nitrogen and oxygen atoms in total. The van der Waals surface area contributed by atoms with E-state index in [1.165, 1.54) is 31.2 Å². The Labute approximate surface area is 171 Å². The Morgan fingerprint density at radius 3 is 2.54 bits per heavy atom. The average Bonchev–Trinajstić information content (AvgIpc) is 3.39. The first-order chi connectivity index (χ1) is 13.7. The number of benzene rings is 1. The number of likely N-dealkylation sites (tertiary alicyclic amines) is 1. The fourth-order valence-corrected chi connectivity index (χ4v) is 5.50. The number of carbonyl (C=O) groups excluding carboxylic acids is 1. The summed E-state index contributed by atoms with van der Waals surface area (Å²) >= 11 is 1.62. The van der Waals surface area contributed by atoms with Crippen LogP contribution >= 0.6 is 11.8 Å². The van der Waals surface area contributed by atoms with Gasteiger partial charge in [-0.2, -0.15) is 0 Å². The van der Waals surface area contributed by atoms with Crippen LogP contribution < -0.4 is 0 Å². The fraction of sp³-hybridized carbons (Fsp3) is 0.591. The maximum absolute atomic E-state index is 13.7. The molecule has 0 bridgehead atoms. The summed E-state index contributed by atoms with van der Waals surface area (Å²) in [5, 5.41) is 9.67. The third kappa shape index (κ3) is 3.84. The van der Waals surface area contributed by atoms with Gasteiger partial charge in [0.15, 0.2) is 5.16 Å². The third-order valence-electron chi connectivity index (χ3n) is 6.45. The van der Waals surface area contributed by atoms with Crippen LogP contribution in [0.15, 0.2) is 35.5 Å². The molecule has 1 aliphatic heterocycles. The smallest absolute Gasteiger partial charge is 0.230 e. The second-order valence-corrected chi connectivity index (χ2v) is 8.93. The maximum atomic E-state index is 13.7. The number of amides is 1. The summed E-state index contributed by atoms with van der Waals surface area (Å²) in [6.07, 6.45) is 8.97. The van der Waals surface area contributed by atoms with E-state index in [2.05, 4.69) is 43.9 Å². The zero-order valence-electron chi connectivity index (χ0n) is 16.9. The lowest BCUT2D eigenvalue weighted by Gasteiger charge is -2.36. The molecule has 1 aromatic carbocycles. The van der Waals surface area contributed by atoms with Crippen LogP contribution in [0.5, 0.6) is 0 Å². The molecule has 0 spiro atoms. The monoisotopic (exact) mass is 398 g/mol. The first kappa shape index (κ1) is 19.5. The van der Waals surface area contributed by atoms with Crippen molar-refractivity contribution in [3.05, 3.63) is 41.7 Å². The molecule has 2 fully saturated rings. The molecule has 1 aliphatic carbocycles. The lowest BCUT2D eigenvalue weighted by Crippen LogP contribution is -2.43. The van der Waals surface area contributed by atoms with Gasteiger partial charge in [-0.15, -0.1) is 10.2 Å². The fourth-order valence-electron chi connectivity index (χ4n) is 5.01. The number of piperidine rings is 1. The average molecular weight is 399 g/mol. The molecule has 0 N–H and O–H groups in total. The van der Waals surface area contributed by atoms with Crippen molar-refractivity contribution in [1.82, 2.24) is 19.7 Å². The van der Waals surface area contributed by atoms with E-state index in [1.54, 1.807) is 11.8 Å². The van der Waals surface area contributed by atoms with Gasteiger partial charge in [0.25, 0.3) is 0 Å². The van der Waals surface area contributed by atoms with E-state index in [-0.39, 0.29) is 11.8 Å². The van der Waals surface area contributed by atoms with E-state index in [1.807, 2.05) is 19.4 Å². The Balaban J connectivity index is 1.55. The number of carbonyl (C=O) groups is 1. The first-order valence-corrected chi connectivity index (χ1v) is 11.7. The molecule has 28 heavy (non-hydrogen) atoms. The molecular weight excluding hydrogens is 368 g/mol. The summed E-state index contributed by atoms with van der Waals surface area (Å²) in [6.45, 7) is 1.62. The van der Waals surface area contributed by atoms with Crippen molar-refractivity contribution in [2.75, 3.05) is 19.3 Å². The molecule has 1 saturated carbocycles. The number of thioether (sulfide) groups is 1. The third-order valence-corrected chi connectivity index (χ3v) is 7.17. The predicted molar refractivity (Wildman–Crippen MR) is 112 cm³/mol. The lowest BCUT2D eigenvalue weighted by atomic mass is 9.83. The topological polar surface area (TPSA) is 51.0 Å². The van der Waals surface area contributed by atoms with Gasteiger partial charge in [0.1, 0.15) is 5.82 Å².